The number of nitriles is 1. The van der Waals surface area contributed by atoms with Crippen LogP contribution in [-0.2, 0) is 6.54 Å². The van der Waals surface area contributed by atoms with Crippen LogP contribution in [0.3, 0.4) is 0 Å². The summed E-state index contributed by atoms with van der Waals surface area (Å²) in [6.07, 6.45) is 1.37. The van der Waals surface area contributed by atoms with Crippen LogP contribution in [0.5, 0.6) is 0 Å². The van der Waals surface area contributed by atoms with Crippen molar-refractivity contribution >= 4 is 17.3 Å². The van der Waals surface area contributed by atoms with Crippen LogP contribution in [0.15, 0.2) is 11.4 Å². The molecule has 86 valence electrons. The van der Waals surface area contributed by atoms with Crippen LogP contribution in [0.2, 0.25) is 0 Å². The number of nitrogens with one attached hydrogen (secondary N) is 1. The molecule has 0 aliphatic heterocycles. The molecular formula is C11H14N2O2S. The Bertz CT molecular complexity index is 395. The fourth-order valence-corrected chi connectivity index (χ4v) is 2.11. The summed E-state index contributed by atoms with van der Waals surface area (Å²) in [5.74, 6) is -0.897. The van der Waals surface area contributed by atoms with Gasteiger partial charge in [0.1, 0.15) is 0 Å². The molecule has 1 unspecified atom stereocenters. The molecule has 1 atom stereocenters. The van der Waals surface area contributed by atoms with Crippen molar-refractivity contribution in [2.45, 2.75) is 32.4 Å². The third-order valence-corrected chi connectivity index (χ3v) is 3.23. The minimum absolute atomic E-state index is 0.181. The molecule has 1 heterocycles. The van der Waals surface area contributed by atoms with Crippen LogP contribution in [0.4, 0.5) is 0 Å². The Morgan fingerprint density at radius 2 is 2.50 bits per heavy atom. The number of aromatic carboxylic acids is 1. The van der Waals surface area contributed by atoms with Gasteiger partial charge in [0.05, 0.1) is 18.1 Å². The van der Waals surface area contributed by atoms with Crippen LogP contribution in [-0.4, -0.2) is 17.1 Å². The molecule has 0 spiro atoms. The van der Waals surface area contributed by atoms with E-state index in [9.17, 15) is 4.79 Å². The van der Waals surface area contributed by atoms with Gasteiger partial charge in [-0.1, -0.05) is 6.92 Å². The lowest BCUT2D eigenvalue weighted by Gasteiger charge is -2.11. The van der Waals surface area contributed by atoms with E-state index in [1.807, 2.05) is 6.92 Å². The Kier molecular flexibility index (Phi) is 4.96. The quantitative estimate of drug-likeness (QED) is 0.797. The van der Waals surface area contributed by atoms with E-state index in [0.717, 1.165) is 11.3 Å². The Balaban J connectivity index is 2.47. The molecule has 0 aromatic carbocycles. The van der Waals surface area contributed by atoms with Gasteiger partial charge in [0, 0.05) is 22.8 Å². The minimum Gasteiger partial charge on any atom is -0.478 e. The molecular weight excluding hydrogens is 224 g/mol. The number of hydrogen-bond donors (Lipinski definition) is 2. The zero-order valence-corrected chi connectivity index (χ0v) is 9.88. The highest BCUT2D eigenvalue weighted by Crippen LogP contribution is 2.14. The van der Waals surface area contributed by atoms with Gasteiger partial charge in [-0.15, -0.1) is 11.3 Å². The van der Waals surface area contributed by atoms with Crippen molar-refractivity contribution in [1.29, 1.82) is 5.26 Å². The average Bonchev–Trinajstić information content (AvgIpc) is 2.73. The topological polar surface area (TPSA) is 73.1 Å². The molecule has 4 nitrogen and oxygen atoms in total. The molecule has 2 N–H and O–H groups in total. The molecule has 0 amide bonds. The molecule has 1 rings (SSSR count). The normalized spacial score (nSPS) is 12.0. The molecule has 0 bridgehead atoms. The first-order valence-electron chi connectivity index (χ1n) is 5.08. The van der Waals surface area contributed by atoms with E-state index in [2.05, 4.69) is 11.4 Å². The second-order valence-electron chi connectivity index (χ2n) is 3.46. The molecule has 0 saturated heterocycles. The highest BCUT2D eigenvalue weighted by molar-refractivity contribution is 7.10. The van der Waals surface area contributed by atoms with Gasteiger partial charge in [0.15, 0.2) is 0 Å². The predicted octanol–water partition coefficient (Wildman–Crippen LogP) is 2.23. The van der Waals surface area contributed by atoms with Crippen molar-refractivity contribution in [1.82, 2.24) is 5.32 Å². The fourth-order valence-electron chi connectivity index (χ4n) is 1.30. The molecule has 1 aromatic heterocycles. The summed E-state index contributed by atoms with van der Waals surface area (Å²) in [6.45, 7) is 2.64. The van der Waals surface area contributed by atoms with Crippen molar-refractivity contribution < 1.29 is 9.90 Å². The van der Waals surface area contributed by atoms with Crippen molar-refractivity contribution in [2.24, 2.45) is 0 Å². The molecule has 0 fully saturated rings. The molecule has 0 aliphatic carbocycles. The van der Waals surface area contributed by atoms with Gasteiger partial charge >= 0.3 is 5.97 Å². The lowest BCUT2D eigenvalue weighted by molar-refractivity contribution is 0.0697. The summed E-state index contributed by atoms with van der Waals surface area (Å²) in [4.78, 5) is 11.6. The first-order chi connectivity index (χ1) is 7.67. The maximum atomic E-state index is 10.7. The largest absolute Gasteiger partial charge is 0.478 e. The Morgan fingerprint density at radius 3 is 3.00 bits per heavy atom. The van der Waals surface area contributed by atoms with Crippen molar-refractivity contribution in [2.75, 3.05) is 0 Å². The average molecular weight is 238 g/mol. The summed E-state index contributed by atoms with van der Waals surface area (Å²) in [5.41, 5.74) is 0.329. The van der Waals surface area contributed by atoms with E-state index in [4.69, 9.17) is 10.4 Å². The molecule has 1 aromatic rings. The Hall–Kier alpha value is -1.38. The van der Waals surface area contributed by atoms with Crippen LogP contribution in [0.1, 0.15) is 35.0 Å². The summed E-state index contributed by atoms with van der Waals surface area (Å²) in [7, 11) is 0. The van der Waals surface area contributed by atoms with E-state index >= 15 is 0 Å². The zero-order chi connectivity index (χ0) is 12.0. The van der Waals surface area contributed by atoms with Crippen LogP contribution >= 0.6 is 11.3 Å². The number of thiophene rings is 1. The predicted molar refractivity (Wildman–Crippen MR) is 62.4 cm³/mol. The van der Waals surface area contributed by atoms with Gasteiger partial charge in [-0.2, -0.15) is 5.26 Å². The molecule has 0 radical (unpaired) electrons. The molecule has 0 aliphatic rings. The van der Waals surface area contributed by atoms with Crippen molar-refractivity contribution in [3.63, 3.8) is 0 Å². The molecule has 16 heavy (non-hydrogen) atoms. The third-order valence-electron chi connectivity index (χ3n) is 2.30. The van der Waals surface area contributed by atoms with Gasteiger partial charge in [-0.25, -0.2) is 4.79 Å². The van der Waals surface area contributed by atoms with Gasteiger partial charge in [0.2, 0.25) is 0 Å². The highest BCUT2D eigenvalue weighted by Gasteiger charge is 2.08. The number of carboxylic acids is 1. The SMILES string of the molecule is CCC(CC#N)NCc1cc(C(=O)O)cs1. The van der Waals surface area contributed by atoms with E-state index in [1.165, 1.54) is 11.3 Å². The highest BCUT2D eigenvalue weighted by atomic mass is 32.1. The summed E-state index contributed by atoms with van der Waals surface area (Å²) in [5, 5.41) is 22.2. The first-order valence-corrected chi connectivity index (χ1v) is 5.96. The smallest absolute Gasteiger partial charge is 0.336 e. The third kappa shape index (κ3) is 3.65. The van der Waals surface area contributed by atoms with Crippen molar-refractivity contribution in [3.05, 3.63) is 21.9 Å². The first kappa shape index (κ1) is 12.7. The lowest BCUT2D eigenvalue weighted by atomic mass is 10.1. The molecule has 5 heteroatoms. The number of rotatable bonds is 6. The van der Waals surface area contributed by atoms with E-state index < -0.39 is 5.97 Å². The van der Waals surface area contributed by atoms with Gasteiger partial charge in [-0.3, -0.25) is 0 Å². The van der Waals surface area contributed by atoms with Gasteiger partial charge in [0.25, 0.3) is 0 Å². The van der Waals surface area contributed by atoms with Gasteiger partial charge < -0.3 is 10.4 Å². The Morgan fingerprint density at radius 1 is 1.75 bits per heavy atom. The summed E-state index contributed by atoms with van der Waals surface area (Å²) in [6, 6.07) is 3.97. The van der Waals surface area contributed by atoms with Crippen LogP contribution in [0.25, 0.3) is 0 Å². The lowest BCUT2D eigenvalue weighted by Crippen LogP contribution is -2.27. The number of nitrogens with zero attached hydrogens (tertiary/aromatic N) is 1. The van der Waals surface area contributed by atoms with E-state index in [1.54, 1.807) is 11.4 Å². The summed E-state index contributed by atoms with van der Waals surface area (Å²) < 4.78 is 0. The Labute approximate surface area is 98.5 Å². The van der Waals surface area contributed by atoms with E-state index in [-0.39, 0.29) is 6.04 Å². The fraction of sp³-hybridized carbons (Fsp3) is 0.455. The second kappa shape index (κ2) is 6.26. The number of carboxylic acid groups (broad SMARTS) is 1. The minimum atomic E-state index is -0.897. The summed E-state index contributed by atoms with van der Waals surface area (Å²) >= 11 is 1.42. The van der Waals surface area contributed by atoms with Crippen molar-refractivity contribution in [3.8, 4) is 6.07 Å². The standard InChI is InChI=1S/C11H14N2O2S/c1-2-9(3-4-12)13-6-10-5-8(7-16-10)11(14)15/h5,7,9,13H,2-3,6H2,1H3,(H,14,15). The zero-order valence-electron chi connectivity index (χ0n) is 9.06. The van der Waals surface area contributed by atoms with Crippen LogP contribution < -0.4 is 5.32 Å². The number of carbonyl (C=O) groups is 1. The van der Waals surface area contributed by atoms with Gasteiger partial charge in [-0.05, 0) is 12.5 Å². The van der Waals surface area contributed by atoms with E-state index in [0.29, 0.717) is 18.5 Å². The maximum absolute atomic E-state index is 10.7. The van der Waals surface area contributed by atoms with Crippen LogP contribution in [0, 0.1) is 11.3 Å². The maximum Gasteiger partial charge on any atom is 0.336 e. The second-order valence-corrected chi connectivity index (χ2v) is 4.45. The monoisotopic (exact) mass is 238 g/mol. The molecule has 0 saturated carbocycles. The number of hydrogen-bond acceptors (Lipinski definition) is 4.